The van der Waals surface area contributed by atoms with Crippen molar-refractivity contribution in [2.24, 2.45) is 5.92 Å². The summed E-state index contributed by atoms with van der Waals surface area (Å²) in [5.41, 5.74) is 0.544. The molecule has 0 radical (unpaired) electrons. The molecular weight excluding hydrogens is 244 g/mol. The van der Waals surface area contributed by atoms with E-state index in [1.54, 1.807) is 0 Å². The summed E-state index contributed by atoms with van der Waals surface area (Å²) < 4.78 is 26.4. The first-order valence-electron chi connectivity index (χ1n) is 7.35. The van der Waals surface area contributed by atoms with Crippen molar-refractivity contribution >= 4 is 0 Å². The van der Waals surface area contributed by atoms with Crippen LogP contribution in [0.2, 0.25) is 0 Å². The summed E-state index contributed by atoms with van der Waals surface area (Å²) >= 11 is 0. The molecule has 106 valence electrons. The zero-order valence-corrected chi connectivity index (χ0v) is 11.6. The van der Waals surface area contributed by atoms with E-state index < -0.39 is 11.6 Å². The van der Waals surface area contributed by atoms with Gasteiger partial charge in [-0.15, -0.1) is 0 Å². The molecule has 1 atom stereocenters. The summed E-state index contributed by atoms with van der Waals surface area (Å²) in [6.45, 7) is 2.82. The smallest absolute Gasteiger partial charge is 0.130 e. The van der Waals surface area contributed by atoms with Crippen LogP contribution in [0.4, 0.5) is 8.78 Å². The zero-order valence-electron chi connectivity index (χ0n) is 11.6. The third-order valence-electron chi connectivity index (χ3n) is 4.14. The first kappa shape index (κ1) is 14.4. The van der Waals surface area contributed by atoms with Crippen LogP contribution in [0.3, 0.4) is 0 Å². The Morgan fingerprint density at radius 3 is 2.68 bits per heavy atom. The Labute approximate surface area is 114 Å². The number of rotatable bonds is 6. The first-order chi connectivity index (χ1) is 9.16. The summed E-state index contributed by atoms with van der Waals surface area (Å²) in [5.74, 6) is -0.0786. The van der Waals surface area contributed by atoms with Gasteiger partial charge in [0.15, 0.2) is 0 Å². The molecule has 0 amide bonds. The predicted octanol–water partition coefficient (Wildman–Crippen LogP) is 4.59. The van der Waals surface area contributed by atoms with Gasteiger partial charge in [-0.05, 0) is 38.3 Å². The molecule has 1 N–H and O–H groups in total. The SMILES string of the molecule is CC(NCCCC1CCCC1)c1ccc(F)cc1F. The van der Waals surface area contributed by atoms with Gasteiger partial charge >= 0.3 is 0 Å². The van der Waals surface area contributed by atoms with Crippen LogP contribution in [0.25, 0.3) is 0 Å². The van der Waals surface area contributed by atoms with E-state index in [-0.39, 0.29) is 6.04 Å². The van der Waals surface area contributed by atoms with E-state index in [9.17, 15) is 8.78 Å². The van der Waals surface area contributed by atoms with Crippen LogP contribution in [0.1, 0.15) is 57.1 Å². The van der Waals surface area contributed by atoms with Gasteiger partial charge in [0.05, 0.1) is 0 Å². The molecule has 2 rings (SSSR count). The van der Waals surface area contributed by atoms with Crippen LogP contribution >= 0.6 is 0 Å². The average molecular weight is 267 g/mol. The van der Waals surface area contributed by atoms with Gasteiger partial charge in [-0.1, -0.05) is 31.7 Å². The monoisotopic (exact) mass is 267 g/mol. The minimum Gasteiger partial charge on any atom is -0.310 e. The predicted molar refractivity (Wildman–Crippen MR) is 74.0 cm³/mol. The van der Waals surface area contributed by atoms with Crippen molar-refractivity contribution in [3.63, 3.8) is 0 Å². The lowest BCUT2D eigenvalue weighted by Gasteiger charge is -2.16. The van der Waals surface area contributed by atoms with Crippen LogP contribution in [-0.2, 0) is 0 Å². The van der Waals surface area contributed by atoms with E-state index in [2.05, 4.69) is 5.32 Å². The Bertz CT molecular complexity index is 400. The largest absolute Gasteiger partial charge is 0.310 e. The van der Waals surface area contributed by atoms with Crippen LogP contribution in [0, 0.1) is 17.6 Å². The van der Waals surface area contributed by atoms with Crippen LogP contribution in [-0.4, -0.2) is 6.54 Å². The Kier molecular flexibility index (Phi) is 5.32. The number of benzene rings is 1. The van der Waals surface area contributed by atoms with E-state index >= 15 is 0 Å². The maximum atomic E-state index is 13.6. The van der Waals surface area contributed by atoms with Crippen molar-refractivity contribution in [3.8, 4) is 0 Å². The van der Waals surface area contributed by atoms with E-state index in [4.69, 9.17) is 0 Å². The topological polar surface area (TPSA) is 12.0 Å². The highest BCUT2D eigenvalue weighted by Crippen LogP contribution is 2.28. The summed E-state index contributed by atoms with van der Waals surface area (Å²) in [6.07, 6.45) is 7.93. The van der Waals surface area contributed by atoms with Crippen molar-refractivity contribution < 1.29 is 8.78 Å². The van der Waals surface area contributed by atoms with Crippen molar-refractivity contribution in [1.29, 1.82) is 0 Å². The Morgan fingerprint density at radius 1 is 1.26 bits per heavy atom. The molecule has 0 bridgehead atoms. The summed E-state index contributed by atoms with van der Waals surface area (Å²) in [4.78, 5) is 0. The van der Waals surface area contributed by atoms with Crippen molar-refractivity contribution in [3.05, 3.63) is 35.4 Å². The molecule has 1 unspecified atom stereocenters. The zero-order chi connectivity index (χ0) is 13.7. The summed E-state index contributed by atoms with van der Waals surface area (Å²) in [5, 5.41) is 3.32. The fraction of sp³-hybridized carbons (Fsp3) is 0.625. The van der Waals surface area contributed by atoms with E-state index in [1.165, 1.54) is 44.2 Å². The Morgan fingerprint density at radius 2 is 2.00 bits per heavy atom. The lowest BCUT2D eigenvalue weighted by atomic mass is 10.0. The van der Waals surface area contributed by atoms with E-state index in [0.717, 1.165) is 24.9 Å². The molecule has 1 saturated carbocycles. The standard InChI is InChI=1S/C16H23F2N/c1-12(15-9-8-14(17)11-16(15)18)19-10-4-7-13-5-2-3-6-13/h8-9,11-13,19H,2-7,10H2,1H3. The molecular formula is C16H23F2N. The van der Waals surface area contributed by atoms with E-state index in [1.807, 2.05) is 6.92 Å². The molecule has 3 heteroatoms. The molecule has 1 nitrogen and oxygen atoms in total. The van der Waals surface area contributed by atoms with Gasteiger partial charge in [0.2, 0.25) is 0 Å². The number of halogens is 2. The molecule has 1 aliphatic carbocycles. The second-order valence-corrected chi connectivity index (χ2v) is 5.63. The van der Waals surface area contributed by atoms with E-state index in [0.29, 0.717) is 5.56 Å². The van der Waals surface area contributed by atoms with Crippen molar-refractivity contribution in [2.75, 3.05) is 6.54 Å². The van der Waals surface area contributed by atoms with Crippen LogP contribution < -0.4 is 5.32 Å². The van der Waals surface area contributed by atoms with Crippen LogP contribution in [0.15, 0.2) is 18.2 Å². The fourth-order valence-corrected chi connectivity index (χ4v) is 2.97. The molecule has 0 saturated heterocycles. The third kappa shape index (κ3) is 4.27. The molecule has 0 heterocycles. The first-order valence-corrected chi connectivity index (χ1v) is 7.35. The lowest BCUT2D eigenvalue weighted by Crippen LogP contribution is -2.21. The van der Waals surface area contributed by atoms with Crippen molar-refractivity contribution in [1.82, 2.24) is 5.32 Å². The highest BCUT2D eigenvalue weighted by atomic mass is 19.1. The highest BCUT2D eigenvalue weighted by Gasteiger charge is 2.15. The number of hydrogen-bond donors (Lipinski definition) is 1. The molecule has 0 spiro atoms. The minimum atomic E-state index is -0.519. The van der Waals surface area contributed by atoms with Gasteiger partial charge in [-0.2, -0.15) is 0 Å². The fourth-order valence-electron chi connectivity index (χ4n) is 2.97. The number of nitrogens with one attached hydrogen (secondary N) is 1. The second kappa shape index (κ2) is 6.99. The molecule has 1 aromatic rings. The third-order valence-corrected chi connectivity index (χ3v) is 4.14. The Hall–Kier alpha value is -0.960. The Balaban J connectivity index is 1.72. The van der Waals surface area contributed by atoms with Gasteiger partial charge in [0.1, 0.15) is 11.6 Å². The van der Waals surface area contributed by atoms with Gasteiger partial charge in [0, 0.05) is 17.7 Å². The molecule has 1 aromatic carbocycles. The van der Waals surface area contributed by atoms with Gasteiger partial charge in [-0.3, -0.25) is 0 Å². The molecule has 1 aliphatic rings. The number of hydrogen-bond acceptors (Lipinski definition) is 1. The summed E-state index contributed by atoms with van der Waals surface area (Å²) in [7, 11) is 0. The quantitative estimate of drug-likeness (QED) is 0.744. The van der Waals surface area contributed by atoms with Crippen molar-refractivity contribution in [2.45, 2.75) is 51.5 Å². The minimum absolute atomic E-state index is 0.0656. The molecule has 1 fully saturated rings. The van der Waals surface area contributed by atoms with Gasteiger partial charge in [-0.25, -0.2) is 8.78 Å². The molecule has 0 aromatic heterocycles. The lowest BCUT2D eigenvalue weighted by molar-refractivity contribution is 0.450. The maximum absolute atomic E-state index is 13.6. The molecule has 19 heavy (non-hydrogen) atoms. The van der Waals surface area contributed by atoms with Gasteiger partial charge in [0.25, 0.3) is 0 Å². The maximum Gasteiger partial charge on any atom is 0.130 e. The summed E-state index contributed by atoms with van der Waals surface area (Å²) in [6, 6.07) is 3.73. The normalized spacial score (nSPS) is 17.8. The van der Waals surface area contributed by atoms with Gasteiger partial charge < -0.3 is 5.32 Å². The second-order valence-electron chi connectivity index (χ2n) is 5.63. The molecule has 0 aliphatic heterocycles. The highest BCUT2D eigenvalue weighted by molar-refractivity contribution is 5.21. The average Bonchev–Trinajstić information content (AvgIpc) is 2.87. The van der Waals surface area contributed by atoms with Crippen LogP contribution in [0.5, 0.6) is 0 Å².